The van der Waals surface area contributed by atoms with Crippen LogP contribution in [0.2, 0.25) is 0 Å². The predicted octanol–water partition coefficient (Wildman–Crippen LogP) is 3.86. The highest BCUT2D eigenvalue weighted by atomic mass is 19.4. The monoisotopic (exact) mass is 242 g/mol. The molecule has 2 aromatic rings. The van der Waals surface area contributed by atoms with Gasteiger partial charge < -0.3 is 0 Å². The second-order valence-electron chi connectivity index (χ2n) is 4.02. The normalized spacial score (nSPS) is 12.2. The molecule has 1 heterocycles. The van der Waals surface area contributed by atoms with Crippen LogP contribution >= 0.6 is 0 Å². The molecule has 0 spiro atoms. The Kier molecular flexibility index (Phi) is 3.09. The van der Waals surface area contributed by atoms with Crippen LogP contribution < -0.4 is 0 Å². The Morgan fingerprint density at radius 2 is 2.06 bits per heavy atom. The molecule has 17 heavy (non-hydrogen) atoms. The van der Waals surface area contributed by atoms with Crippen LogP contribution in [0.4, 0.5) is 13.2 Å². The lowest BCUT2D eigenvalue weighted by atomic mass is 10.1. The van der Waals surface area contributed by atoms with Crippen LogP contribution in [0.5, 0.6) is 0 Å². The maximum Gasteiger partial charge on any atom is 0.416 e. The summed E-state index contributed by atoms with van der Waals surface area (Å²) in [6, 6.07) is 3.65. The van der Waals surface area contributed by atoms with E-state index in [1.54, 1.807) is 10.9 Å². The Labute approximate surface area is 97.0 Å². The van der Waals surface area contributed by atoms with Crippen molar-refractivity contribution < 1.29 is 13.2 Å². The van der Waals surface area contributed by atoms with Gasteiger partial charge in [-0.2, -0.15) is 18.3 Å². The van der Waals surface area contributed by atoms with Gasteiger partial charge in [0.1, 0.15) is 0 Å². The van der Waals surface area contributed by atoms with Crippen LogP contribution in [0.1, 0.15) is 25.3 Å². The van der Waals surface area contributed by atoms with Gasteiger partial charge in [0.05, 0.1) is 11.1 Å². The highest BCUT2D eigenvalue weighted by Gasteiger charge is 2.30. The molecule has 0 amide bonds. The molecule has 0 radical (unpaired) electrons. The number of unbranched alkanes of at least 4 members (excludes halogenated alkanes) is 1. The van der Waals surface area contributed by atoms with E-state index in [0.29, 0.717) is 5.52 Å². The second kappa shape index (κ2) is 4.39. The lowest BCUT2D eigenvalue weighted by molar-refractivity contribution is -0.137. The van der Waals surface area contributed by atoms with Gasteiger partial charge in [-0.25, -0.2) is 0 Å². The molecule has 0 fully saturated rings. The molecule has 0 N–H and O–H groups in total. The van der Waals surface area contributed by atoms with Gasteiger partial charge in [0.15, 0.2) is 0 Å². The van der Waals surface area contributed by atoms with Crippen molar-refractivity contribution in [2.45, 2.75) is 32.5 Å². The minimum Gasteiger partial charge on any atom is -0.272 e. The van der Waals surface area contributed by atoms with E-state index >= 15 is 0 Å². The molecule has 5 heteroatoms. The lowest BCUT2D eigenvalue weighted by Crippen LogP contribution is -2.04. The first-order chi connectivity index (χ1) is 8.00. The molecule has 0 aliphatic heterocycles. The van der Waals surface area contributed by atoms with E-state index in [1.807, 2.05) is 0 Å². The molecule has 0 unspecified atom stereocenters. The van der Waals surface area contributed by atoms with Crippen molar-refractivity contribution in [2.24, 2.45) is 0 Å². The minimum absolute atomic E-state index is 0.399. The highest BCUT2D eigenvalue weighted by molar-refractivity contribution is 5.78. The van der Waals surface area contributed by atoms with Gasteiger partial charge in [0.2, 0.25) is 0 Å². The number of alkyl halides is 3. The number of aryl methyl sites for hydroxylation is 1. The molecule has 0 saturated carbocycles. The summed E-state index contributed by atoms with van der Waals surface area (Å²) in [7, 11) is 0. The zero-order valence-corrected chi connectivity index (χ0v) is 9.46. The van der Waals surface area contributed by atoms with Crippen molar-refractivity contribution in [1.82, 2.24) is 9.78 Å². The first kappa shape index (κ1) is 12.0. The third-order valence-electron chi connectivity index (χ3n) is 2.62. The van der Waals surface area contributed by atoms with Crippen LogP contribution in [0, 0.1) is 0 Å². The van der Waals surface area contributed by atoms with Gasteiger partial charge in [-0.15, -0.1) is 0 Å². The maximum absolute atomic E-state index is 12.5. The van der Waals surface area contributed by atoms with Gasteiger partial charge in [0, 0.05) is 18.1 Å². The summed E-state index contributed by atoms with van der Waals surface area (Å²) < 4.78 is 39.2. The zero-order chi connectivity index (χ0) is 12.5. The molecule has 1 aromatic carbocycles. The molecule has 92 valence electrons. The first-order valence-corrected chi connectivity index (χ1v) is 5.55. The number of halogens is 3. The highest BCUT2D eigenvalue weighted by Crippen LogP contribution is 2.30. The average molecular weight is 242 g/mol. The molecular formula is C12H13F3N2. The Balaban J connectivity index is 2.34. The number of aromatic nitrogens is 2. The van der Waals surface area contributed by atoms with E-state index in [0.717, 1.165) is 36.9 Å². The van der Waals surface area contributed by atoms with E-state index < -0.39 is 11.7 Å². The SMILES string of the molecule is CCCCn1cc2ccc(C(F)(F)F)cc2n1. The molecule has 1 aromatic heterocycles. The van der Waals surface area contributed by atoms with E-state index in [9.17, 15) is 13.2 Å². The van der Waals surface area contributed by atoms with Gasteiger partial charge in [-0.1, -0.05) is 19.4 Å². The fourth-order valence-corrected chi connectivity index (χ4v) is 1.68. The number of fused-ring (bicyclic) bond motifs is 1. The van der Waals surface area contributed by atoms with Crippen LogP contribution in [0.3, 0.4) is 0 Å². The number of hydrogen-bond donors (Lipinski definition) is 0. The van der Waals surface area contributed by atoms with Crippen LogP contribution in [0.25, 0.3) is 10.9 Å². The third kappa shape index (κ3) is 2.60. The summed E-state index contributed by atoms with van der Waals surface area (Å²) in [6.07, 6.45) is -0.517. The molecule has 2 nitrogen and oxygen atoms in total. The Morgan fingerprint density at radius 3 is 2.71 bits per heavy atom. The average Bonchev–Trinajstić information content (AvgIpc) is 2.66. The quantitative estimate of drug-likeness (QED) is 0.799. The largest absolute Gasteiger partial charge is 0.416 e. The molecular weight excluding hydrogens is 229 g/mol. The summed E-state index contributed by atoms with van der Waals surface area (Å²) in [6.45, 7) is 2.80. The van der Waals surface area contributed by atoms with E-state index in [4.69, 9.17) is 0 Å². The van der Waals surface area contributed by atoms with Crippen molar-refractivity contribution in [3.8, 4) is 0 Å². The van der Waals surface area contributed by atoms with Crippen LogP contribution in [0.15, 0.2) is 24.4 Å². The van der Waals surface area contributed by atoms with Crippen LogP contribution in [-0.4, -0.2) is 9.78 Å². The van der Waals surface area contributed by atoms with Crippen molar-refractivity contribution >= 4 is 10.9 Å². The fourth-order valence-electron chi connectivity index (χ4n) is 1.68. The number of hydrogen-bond acceptors (Lipinski definition) is 1. The predicted molar refractivity (Wildman–Crippen MR) is 59.6 cm³/mol. The summed E-state index contributed by atoms with van der Waals surface area (Å²) in [4.78, 5) is 0. The van der Waals surface area contributed by atoms with Crippen molar-refractivity contribution in [1.29, 1.82) is 0 Å². The second-order valence-corrected chi connectivity index (χ2v) is 4.02. The third-order valence-corrected chi connectivity index (χ3v) is 2.62. The molecule has 0 aliphatic carbocycles. The van der Waals surface area contributed by atoms with Crippen molar-refractivity contribution in [3.63, 3.8) is 0 Å². The number of rotatable bonds is 3. The van der Waals surface area contributed by atoms with Gasteiger partial charge in [-0.05, 0) is 18.6 Å². The maximum atomic E-state index is 12.5. The Morgan fingerprint density at radius 1 is 1.29 bits per heavy atom. The van der Waals surface area contributed by atoms with Gasteiger partial charge in [0.25, 0.3) is 0 Å². The van der Waals surface area contributed by atoms with Gasteiger partial charge >= 0.3 is 6.18 Å². The summed E-state index contributed by atoms with van der Waals surface area (Å²) in [5.41, 5.74) is -0.248. The molecule has 0 atom stereocenters. The number of benzene rings is 1. The van der Waals surface area contributed by atoms with Gasteiger partial charge in [-0.3, -0.25) is 4.68 Å². The topological polar surface area (TPSA) is 17.8 Å². The van der Waals surface area contributed by atoms with Crippen molar-refractivity contribution in [3.05, 3.63) is 30.0 Å². The van der Waals surface area contributed by atoms with E-state index in [-0.39, 0.29) is 0 Å². The van der Waals surface area contributed by atoms with E-state index in [2.05, 4.69) is 12.0 Å². The standard InChI is InChI=1S/C12H13F3N2/c1-2-3-6-17-8-9-4-5-10(12(13,14)15)7-11(9)16-17/h4-5,7-8H,2-3,6H2,1H3. The molecule has 2 rings (SSSR count). The molecule has 0 aliphatic rings. The summed E-state index contributed by atoms with van der Waals surface area (Å²) in [5.74, 6) is 0. The molecule has 0 bridgehead atoms. The fraction of sp³-hybridized carbons (Fsp3) is 0.417. The lowest BCUT2D eigenvalue weighted by Gasteiger charge is -2.04. The Hall–Kier alpha value is -1.52. The first-order valence-electron chi connectivity index (χ1n) is 5.55. The molecule has 0 saturated heterocycles. The van der Waals surface area contributed by atoms with Crippen molar-refractivity contribution in [2.75, 3.05) is 0 Å². The summed E-state index contributed by atoms with van der Waals surface area (Å²) in [5, 5.41) is 4.89. The minimum atomic E-state index is -4.30. The zero-order valence-electron chi connectivity index (χ0n) is 9.46. The smallest absolute Gasteiger partial charge is 0.272 e. The Bertz CT molecular complexity index is 514. The van der Waals surface area contributed by atoms with Crippen LogP contribution in [-0.2, 0) is 12.7 Å². The summed E-state index contributed by atoms with van der Waals surface area (Å²) >= 11 is 0. The van der Waals surface area contributed by atoms with E-state index in [1.165, 1.54) is 6.07 Å². The number of nitrogens with zero attached hydrogens (tertiary/aromatic N) is 2.